The van der Waals surface area contributed by atoms with Crippen molar-refractivity contribution in [1.29, 1.82) is 0 Å². The highest BCUT2D eigenvalue weighted by atomic mass is 32.2. The minimum atomic E-state index is -0.266. The highest BCUT2D eigenvalue weighted by molar-refractivity contribution is 7.98. The van der Waals surface area contributed by atoms with Crippen molar-refractivity contribution in [3.05, 3.63) is 53.5 Å². The zero-order chi connectivity index (χ0) is 24.4. The number of fused-ring (bicyclic) bond motifs is 1. The highest BCUT2D eigenvalue weighted by Gasteiger charge is 2.27. The number of aromatic nitrogens is 5. The van der Waals surface area contributed by atoms with Crippen LogP contribution in [0.15, 0.2) is 46.0 Å². The Bertz CT molecular complexity index is 1340. The Balaban J connectivity index is 1.22. The van der Waals surface area contributed by atoms with Gasteiger partial charge in [-0.1, -0.05) is 30.0 Å². The van der Waals surface area contributed by atoms with Gasteiger partial charge in [0.25, 0.3) is 5.78 Å². The first-order valence-electron chi connectivity index (χ1n) is 11.3. The van der Waals surface area contributed by atoms with E-state index in [0.29, 0.717) is 53.9 Å². The third-order valence-electron chi connectivity index (χ3n) is 5.71. The number of hydrogen-bond donors (Lipinski definition) is 0. The quantitative estimate of drug-likeness (QED) is 0.358. The number of rotatable bonds is 7. The topological polar surface area (TPSA) is 108 Å². The van der Waals surface area contributed by atoms with Crippen LogP contribution >= 0.6 is 11.8 Å². The summed E-state index contributed by atoms with van der Waals surface area (Å²) in [6.07, 6.45) is 1.82. The average molecular weight is 495 g/mol. The van der Waals surface area contributed by atoms with E-state index in [-0.39, 0.29) is 25.0 Å². The normalized spacial score (nSPS) is 16.1. The average Bonchev–Trinajstić information content (AvgIpc) is 3.46. The molecule has 182 valence electrons. The third kappa shape index (κ3) is 5.15. The molecule has 4 aromatic rings. The van der Waals surface area contributed by atoms with Crippen molar-refractivity contribution in [3.63, 3.8) is 0 Å². The van der Waals surface area contributed by atoms with Gasteiger partial charge in [-0.05, 0) is 32.2 Å². The van der Waals surface area contributed by atoms with E-state index >= 15 is 0 Å². The maximum Gasteiger partial charge on any atom is 0.256 e. The van der Waals surface area contributed by atoms with Crippen molar-refractivity contribution in [1.82, 2.24) is 29.5 Å². The molecule has 1 fully saturated rings. The van der Waals surface area contributed by atoms with Crippen LogP contribution in [0.3, 0.4) is 0 Å². The summed E-state index contributed by atoms with van der Waals surface area (Å²) in [5, 5.41) is 5.04. The van der Waals surface area contributed by atoms with E-state index < -0.39 is 0 Å². The number of amides is 1. The van der Waals surface area contributed by atoms with Crippen molar-refractivity contribution >= 4 is 23.4 Å². The van der Waals surface area contributed by atoms with E-state index in [4.69, 9.17) is 13.9 Å². The maximum atomic E-state index is 13.1. The van der Waals surface area contributed by atoms with E-state index in [1.54, 1.807) is 9.42 Å². The fourth-order valence-electron chi connectivity index (χ4n) is 3.90. The molecule has 0 N–H and O–H groups in total. The first kappa shape index (κ1) is 23.3. The smallest absolute Gasteiger partial charge is 0.256 e. The first-order chi connectivity index (χ1) is 17.0. The number of benzene rings is 1. The zero-order valence-corrected chi connectivity index (χ0v) is 20.6. The van der Waals surface area contributed by atoms with Crippen LogP contribution in [0.5, 0.6) is 5.88 Å². The molecule has 11 heteroatoms. The number of hydrogen-bond acceptors (Lipinski definition) is 9. The van der Waals surface area contributed by atoms with Crippen molar-refractivity contribution in [2.45, 2.75) is 31.5 Å². The molecule has 1 saturated heterocycles. The molecule has 10 nitrogen and oxygen atoms in total. The molecule has 35 heavy (non-hydrogen) atoms. The molecule has 0 radical (unpaired) electrons. The van der Waals surface area contributed by atoms with Crippen LogP contribution in [-0.2, 0) is 16.0 Å². The summed E-state index contributed by atoms with van der Waals surface area (Å²) in [5.74, 6) is 2.19. The largest absolute Gasteiger partial charge is 0.475 e. The Kier molecular flexibility index (Phi) is 6.69. The van der Waals surface area contributed by atoms with Gasteiger partial charge in [0.1, 0.15) is 18.5 Å². The molecule has 4 heterocycles. The molecule has 0 saturated carbocycles. The number of carbonyl (C=O) groups is 1. The number of aryl methyl sites for hydroxylation is 2. The molecule has 1 atom stereocenters. The molecule has 5 rings (SSSR count). The van der Waals surface area contributed by atoms with Crippen LogP contribution in [0.2, 0.25) is 0 Å². The molecule has 3 aromatic heterocycles. The summed E-state index contributed by atoms with van der Waals surface area (Å²) < 4.78 is 19.3. The predicted molar refractivity (Wildman–Crippen MR) is 129 cm³/mol. The third-order valence-corrected chi connectivity index (χ3v) is 6.25. The second kappa shape index (κ2) is 10.0. The minimum Gasteiger partial charge on any atom is -0.475 e. The molecule has 1 aliphatic heterocycles. The first-order valence-corrected chi connectivity index (χ1v) is 12.5. The number of oxazole rings is 1. The van der Waals surface area contributed by atoms with E-state index in [1.807, 2.05) is 56.5 Å². The fourth-order valence-corrected chi connectivity index (χ4v) is 4.24. The molecule has 1 aromatic carbocycles. The summed E-state index contributed by atoms with van der Waals surface area (Å²) in [6.45, 7) is 5.39. The van der Waals surface area contributed by atoms with Crippen molar-refractivity contribution in [2.75, 3.05) is 32.6 Å². The number of nitrogens with zero attached hydrogens (tertiary/aromatic N) is 6. The summed E-state index contributed by atoms with van der Waals surface area (Å²) >= 11 is 1.44. The van der Waals surface area contributed by atoms with Crippen molar-refractivity contribution in [2.24, 2.45) is 0 Å². The number of ether oxygens (including phenoxy) is 2. The van der Waals surface area contributed by atoms with Crippen LogP contribution in [0, 0.1) is 13.8 Å². The van der Waals surface area contributed by atoms with Crippen LogP contribution in [0.25, 0.3) is 17.2 Å². The van der Waals surface area contributed by atoms with Crippen molar-refractivity contribution < 1.29 is 18.7 Å². The number of carbonyl (C=O) groups excluding carboxylic acids is 1. The van der Waals surface area contributed by atoms with Crippen LogP contribution in [-0.4, -0.2) is 74.0 Å². The van der Waals surface area contributed by atoms with E-state index in [1.165, 1.54) is 11.8 Å². The SMILES string of the molecule is CSc1nc2nc(C)cc(OCC3CN(C(=O)Cc4nc(-c5ccccc5)oc4C)CCO3)n2n1. The molecule has 1 unspecified atom stereocenters. The van der Waals surface area contributed by atoms with Crippen LogP contribution in [0.4, 0.5) is 0 Å². The van der Waals surface area contributed by atoms with Crippen molar-refractivity contribution in [3.8, 4) is 17.3 Å². The fraction of sp³-hybridized carbons (Fsp3) is 0.375. The summed E-state index contributed by atoms with van der Waals surface area (Å²) in [4.78, 5) is 28.2. The molecular weight excluding hydrogens is 468 g/mol. The Morgan fingerprint density at radius 2 is 2.03 bits per heavy atom. The number of morpholine rings is 1. The Morgan fingerprint density at radius 1 is 1.20 bits per heavy atom. The Labute approximate surface area is 206 Å². The van der Waals surface area contributed by atoms with Gasteiger partial charge >= 0.3 is 0 Å². The van der Waals surface area contributed by atoms with E-state index in [9.17, 15) is 4.79 Å². The summed E-state index contributed by atoms with van der Waals surface area (Å²) in [7, 11) is 0. The lowest BCUT2D eigenvalue weighted by molar-refractivity contribution is -0.139. The van der Waals surface area contributed by atoms with E-state index in [2.05, 4.69) is 20.1 Å². The molecule has 1 amide bonds. The second-order valence-corrected chi connectivity index (χ2v) is 9.03. The lowest BCUT2D eigenvalue weighted by Gasteiger charge is -2.32. The van der Waals surface area contributed by atoms with Gasteiger partial charge in [-0.2, -0.15) is 9.50 Å². The highest BCUT2D eigenvalue weighted by Crippen LogP contribution is 2.23. The zero-order valence-electron chi connectivity index (χ0n) is 19.8. The van der Waals surface area contributed by atoms with Gasteiger partial charge in [0.15, 0.2) is 0 Å². The van der Waals surface area contributed by atoms with Gasteiger partial charge in [-0.25, -0.2) is 9.97 Å². The van der Waals surface area contributed by atoms with E-state index in [0.717, 1.165) is 11.3 Å². The minimum absolute atomic E-state index is 0.0163. The second-order valence-electron chi connectivity index (χ2n) is 8.25. The predicted octanol–water partition coefficient (Wildman–Crippen LogP) is 2.97. The summed E-state index contributed by atoms with van der Waals surface area (Å²) in [6, 6.07) is 11.5. The lowest BCUT2D eigenvalue weighted by atomic mass is 10.2. The lowest BCUT2D eigenvalue weighted by Crippen LogP contribution is -2.48. The molecule has 1 aliphatic rings. The Morgan fingerprint density at radius 3 is 2.83 bits per heavy atom. The molecule has 0 spiro atoms. The standard InChI is InChI=1S/C24H26N6O4S/c1-15-11-21(30-23(25-15)27-24(28-30)35-3)33-14-18-13-29(9-10-32-18)20(31)12-19-16(2)34-22(26-19)17-7-5-4-6-8-17/h4-8,11,18H,9-10,12-14H2,1-3H3. The van der Waals surface area contributed by atoms with Crippen LogP contribution in [0.1, 0.15) is 17.1 Å². The van der Waals surface area contributed by atoms with Gasteiger partial charge in [0, 0.05) is 23.9 Å². The Hall–Kier alpha value is -3.44. The molecule has 0 aliphatic carbocycles. The summed E-state index contributed by atoms with van der Waals surface area (Å²) in [5.41, 5.74) is 2.32. The van der Waals surface area contributed by atoms with Gasteiger partial charge < -0.3 is 18.8 Å². The van der Waals surface area contributed by atoms with Gasteiger partial charge in [-0.15, -0.1) is 5.10 Å². The molecule has 0 bridgehead atoms. The van der Waals surface area contributed by atoms with Gasteiger partial charge in [-0.3, -0.25) is 4.79 Å². The van der Waals surface area contributed by atoms with Gasteiger partial charge in [0.2, 0.25) is 22.8 Å². The van der Waals surface area contributed by atoms with Gasteiger partial charge in [0.05, 0.1) is 25.3 Å². The monoisotopic (exact) mass is 494 g/mol. The molecular formula is C24H26N6O4S. The van der Waals surface area contributed by atoms with Crippen LogP contribution < -0.4 is 4.74 Å². The maximum absolute atomic E-state index is 13.1. The number of thioether (sulfide) groups is 1.